The van der Waals surface area contributed by atoms with Gasteiger partial charge in [0.25, 0.3) is 0 Å². The Morgan fingerprint density at radius 3 is 2.79 bits per heavy atom. The molecule has 0 heterocycles. The van der Waals surface area contributed by atoms with Crippen LogP contribution in [0.4, 0.5) is 4.39 Å². The topological polar surface area (TPSA) is 12.0 Å². The molecule has 0 amide bonds. The highest BCUT2D eigenvalue weighted by molar-refractivity contribution is 7.80. The summed E-state index contributed by atoms with van der Waals surface area (Å²) < 4.78 is 13.4. The van der Waals surface area contributed by atoms with E-state index in [0.717, 1.165) is 0 Å². The molecule has 14 heavy (non-hydrogen) atoms. The zero-order valence-corrected chi connectivity index (χ0v) is 8.83. The molecule has 0 atom stereocenters. The molecule has 3 heteroatoms. The van der Waals surface area contributed by atoms with Crippen molar-refractivity contribution in [2.45, 2.75) is 18.8 Å². The summed E-state index contributed by atoms with van der Waals surface area (Å²) in [6.45, 7) is 0. The fourth-order valence-electron chi connectivity index (χ4n) is 1.52. The van der Waals surface area contributed by atoms with E-state index in [1.54, 1.807) is 7.05 Å². The lowest BCUT2D eigenvalue weighted by molar-refractivity contribution is 0.624. The fourth-order valence-corrected chi connectivity index (χ4v) is 1.68. The minimum absolute atomic E-state index is 0.242. The molecule has 0 aromatic heterocycles. The first-order chi connectivity index (χ1) is 6.72. The van der Waals surface area contributed by atoms with Gasteiger partial charge in [0.15, 0.2) is 0 Å². The van der Waals surface area contributed by atoms with Crippen molar-refractivity contribution in [2.24, 2.45) is 0 Å². The minimum atomic E-state index is -0.242. The van der Waals surface area contributed by atoms with Crippen molar-refractivity contribution in [2.75, 3.05) is 7.05 Å². The Hall–Kier alpha value is -0.960. The summed E-state index contributed by atoms with van der Waals surface area (Å²) in [5.74, 6) is 0.391. The van der Waals surface area contributed by atoms with Gasteiger partial charge in [-0.05, 0) is 36.5 Å². The van der Waals surface area contributed by atoms with Gasteiger partial charge in [-0.25, -0.2) is 4.39 Å². The van der Waals surface area contributed by atoms with Crippen LogP contribution in [0.1, 0.15) is 29.9 Å². The first-order valence-electron chi connectivity index (χ1n) is 4.74. The zero-order chi connectivity index (χ0) is 10.1. The molecule has 1 nitrogen and oxygen atoms in total. The average Bonchev–Trinajstić information content (AvgIpc) is 3.01. The van der Waals surface area contributed by atoms with Gasteiger partial charge >= 0.3 is 0 Å². The van der Waals surface area contributed by atoms with Gasteiger partial charge in [-0.3, -0.25) is 0 Å². The lowest BCUT2D eigenvalue weighted by atomic mass is 10.1. The second kappa shape index (κ2) is 3.65. The molecule has 1 saturated carbocycles. The summed E-state index contributed by atoms with van der Waals surface area (Å²) in [7, 11) is 1.71. The molecule has 0 aliphatic heterocycles. The Labute approximate surface area is 88.3 Å². The van der Waals surface area contributed by atoms with E-state index < -0.39 is 0 Å². The van der Waals surface area contributed by atoms with E-state index in [1.165, 1.54) is 24.5 Å². The van der Waals surface area contributed by atoms with Gasteiger partial charge in [0.1, 0.15) is 10.8 Å². The monoisotopic (exact) mass is 209 g/mol. The highest BCUT2D eigenvalue weighted by atomic mass is 32.1. The molecule has 1 aliphatic carbocycles. The molecule has 1 fully saturated rings. The third-order valence-electron chi connectivity index (χ3n) is 2.51. The number of hydrogen-bond donors (Lipinski definition) is 1. The summed E-state index contributed by atoms with van der Waals surface area (Å²) in [4.78, 5) is 0.477. The summed E-state index contributed by atoms with van der Waals surface area (Å²) >= 11 is 5.02. The molecule has 0 saturated heterocycles. The molecule has 2 rings (SSSR count). The highest BCUT2D eigenvalue weighted by Crippen LogP contribution is 2.40. The van der Waals surface area contributed by atoms with Crippen molar-refractivity contribution in [1.82, 2.24) is 5.32 Å². The highest BCUT2D eigenvalue weighted by Gasteiger charge is 2.24. The molecule has 0 radical (unpaired) electrons. The maximum atomic E-state index is 13.4. The number of nitrogens with one attached hydrogen (secondary N) is 1. The average molecular weight is 209 g/mol. The number of hydrogen-bond acceptors (Lipinski definition) is 1. The standard InChI is InChI=1S/C11H12FNS/c1-13-11(14)9-6-8(7-2-3-7)4-5-10(9)12/h4-7H,2-3H2,1H3,(H,13,14). The summed E-state index contributed by atoms with van der Waals surface area (Å²) in [5, 5.41) is 2.80. The molecular weight excluding hydrogens is 197 g/mol. The number of rotatable bonds is 2. The summed E-state index contributed by atoms with van der Waals surface area (Å²) in [6.07, 6.45) is 2.44. The summed E-state index contributed by atoms with van der Waals surface area (Å²) in [5.41, 5.74) is 1.73. The number of benzene rings is 1. The molecule has 1 N–H and O–H groups in total. The number of thiocarbonyl (C=S) groups is 1. The predicted molar refractivity (Wildman–Crippen MR) is 59.1 cm³/mol. The fraction of sp³-hybridized carbons (Fsp3) is 0.364. The van der Waals surface area contributed by atoms with Crippen LogP contribution in [-0.2, 0) is 0 Å². The van der Waals surface area contributed by atoms with Gasteiger partial charge in [0.2, 0.25) is 0 Å². The van der Waals surface area contributed by atoms with Crippen LogP contribution in [0.25, 0.3) is 0 Å². The van der Waals surface area contributed by atoms with Gasteiger partial charge < -0.3 is 5.32 Å². The molecular formula is C11H12FNS. The van der Waals surface area contributed by atoms with E-state index in [9.17, 15) is 4.39 Å². The van der Waals surface area contributed by atoms with E-state index in [4.69, 9.17) is 12.2 Å². The van der Waals surface area contributed by atoms with Crippen LogP contribution < -0.4 is 5.32 Å². The Bertz CT molecular complexity index is 372. The zero-order valence-electron chi connectivity index (χ0n) is 8.01. The second-order valence-corrected chi connectivity index (χ2v) is 4.00. The van der Waals surface area contributed by atoms with E-state index in [1.807, 2.05) is 12.1 Å². The van der Waals surface area contributed by atoms with E-state index >= 15 is 0 Å². The third-order valence-corrected chi connectivity index (χ3v) is 2.93. The SMILES string of the molecule is CNC(=S)c1cc(C2CC2)ccc1F. The smallest absolute Gasteiger partial charge is 0.133 e. The van der Waals surface area contributed by atoms with Crippen LogP contribution in [0, 0.1) is 5.82 Å². The first-order valence-corrected chi connectivity index (χ1v) is 5.14. The van der Waals surface area contributed by atoms with Crippen molar-refractivity contribution >= 4 is 17.2 Å². The second-order valence-electron chi connectivity index (χ2n) is 3.59. The van der Waals surface area contributed by atoms with Crippen LogP contribution in [0.2, 0.25) is 0 Å². The van der Waals surface area contributed by atoms with Crippen molar-refractivity contribution in [1.29, 1.82) is 0 Å². The predicted octanol–water partition coefficient (Wildman–Crippen LogP) is 2.60. The normalized spacial score (nSPS) is 15.3. The molecule has 1 aromatic rings. The number of halogens is 1. The van der Waals surface area contributed by atoms with Crippen molar-refractivity contribution in [3.63, 3.8) is 0 Å². The minimum Gasteiger partial charge on any atom is -0.379 e. The van der Waals surface area contributed by atoms with Gasteiger partial charge in [-0.2, -0.15) is 0 Å². The van der Waals surface area contributed by atoms with Gasteiger partial charge in [0, 0.05) is 12.6 Å². The van der Waals surface area contributed by atoms with Gasteiger partial charge in [-0.1, -0.05) is 18.3 Å². The van der Waals surface area contributed by atoms with Gasteiger partial charge in [-0.15, -0.1) is 0 Å². The van der Waals surface area contributed by atoms with E-state index in [2.05, 4.69) is 5.32 Å². The van der Waals surface area contributed by atoms with Crippen molar-refractivity contribution < 1.29 is 4.39 Å². The van der Waals surface area contributed by atoms with E-state index in [-0.39, 0.29) is 5.82 Å². The van der Waals surface area contributed by atoms with Crippen LogP contribution in [0.15, 0.2) is 18.2 Å². The lowest BCUT2D eigenvalue weighted by Crippen LogP contribution is -2.18. The lowest BCUT2D eigenvalue weighted by Gasteiger charge is -2.06. The summed E-state index contributed by atoms with van der Waals surface area (Å²) in [6, 6.07) is 5.23. The maximum absolute atomic E-state index is 13.4. The van der Waals surface area contributed by atoms with Crippen LogP contribution in [0.3, 0.4) is 0 Å². The molecule has 1 aliphatic rings. The molecule has 1 aromatic carbocycles. The third kappa shape index (κ3) is 1.77. The molecule has 0 unspecified atom stereocenters. The maximum Gasteiger partial charge on any atom is 0.133 e. The first kappa shape index (κ1) is 9.59. The Balaban J connectivity index is 2.36. The van der Waals surface area contributed by atoms with Gasteiger partial charge in [0.05, 0.1) is 0 Å². The van der Waals surface area contributed by atoms with Crippen LogP contribution in [-0.4, -0.2) is 12.0 Å². The van der Waals surface area contributed by atoms with E-state index in [0.29, 0.717) is 16.5 Å². The van der Waals surface area contributed by atoms with Crippen LogP contribution >= 0.6 is 12.2 Å². The van der Waals surface area contributed by atoms with Crippen LogP contribution in [0.5, 0.6) is 0 Å². The van der Waals surface area contributed by atoms with Crippen molar-refractivity contribution in [3.8, 4) is 0 Å². The Kier molecular flexibility index (Phi) is 2.50. The Morgan fingerprint density at radius 2 is 2.21 bits per heavy atom. The molecule has 74 valence electrons. The molecule has 0 bridgehead atoms. The quantitative estimate of drug-likeness (QED) is 0.751. The van der Waals surface area contributed by atoms with Crippen molar-refractivity contribution in [3.05, 3.63) is 35.1 Å². The molecule has 0 spiro atoms. The Morgan fingerprint density at radius 1 is 1.50 bits per heavy atom. The largest absolute Gasteiger partial charge is 0.379 e.